The number of hydrogen-bond donors (Lipinski definition) is 1. The molecule has 1 unspecified atom stereocenters. The van der Waals surface area contributed by atoms with Crippen molar-refractivity contribution in [1.29, 1.82) is 0 Å². The maximum Gasteiger partial charge on any atom is 0.117 e. The third kappa shape index (κ3) is 1.45. The van der Waals surface area contributed by atoms with Crippen molar-refractivity contribution in [3.63, 3.8) is 0 Å². The predicted molar refractivity (Wildman–Crippen MR) is 47.9 cm³/mol. The lowest BCUT2D eigenvalue weighted by Crippen LogP contribution is -2.35. The Morgan fingerprint density at radius 2 is 2.23 bits per heavy atom. The van der Waals surface area contributed by atoms with Crippen molar-refractivity contribution in [1.82, 2.24) is 0 Å². The van der Waals surface area contributed by atoms with E-state index in [4.69, 9.17) is 10.5 Å². The first-order valence-electron chi connectivity index (χ1n) is 4.34. The Hall–Kier alpha value is -0.930. The fraction of sp³-hybridized carbons (Fsp3) is 0.400. The first-order chi connectivity index (χ1) is 6.33. The Balaban J connectivity index is 2.33. The molecule has 2 rings (SSSR count). The SMILES string of the molecule is NC1c2ccccc2CO[C@@H]1CF. The van der Waals surface area contributed by atoms with E-state index >= 15 is 0 Å². The van der Waals surface area contributed by atoms with Gasteiger partial charge in [-0.3, -0.25) is 0 Å². The molecule has 0 saturated heterocycles. The summed E-state index contributed by atoms with van der Waals surface area (Å²) >= 11 is 0. The fourth-order valence-electron chi connectivity index (χ4n) is 1.63. The van der Waals surface area contributed by atoms with Gasteiger partial charge in [0.05, 0.1) is 12.6 Å². The van der Waals surface area contributed by atoms with E-state index in [2.05, 4.69) is 0 Å². The van der Waals surface area contributed by atoms with Crippen LogP contribution in [0, 0.1) is 0 Å². The van der Waals surface area contributed by atoms with E-state index in [1.807, 2.05) is 24.3 Å². The summed E-state index contributed by atoms with van der Waals surface area (Å²) < 4.78 is 17.7. The Kier molecular flexibility index (Phi) is 2.29. The molecule has 0 amide bonds. The molecular weight excluding hydrogens is 169 g/mol. The second-order valence-corrected chi connectivity index (χ2v) is 3.23. The molecule has 0 radical (unpaired) electrons. The topological polar surface area (TPSA) is 35.2 Å². The normalized spacial score (nSPS) is 26.9. The molecule has 0 aromatic heterocycles. The summed E-state index contributed by atoms with van der Waals surface area (Å²) in [5, 5.41) is 0. The summed E-state index contributed by atoms with van der Waals surface area (Å²) in [6, 6.07) is 7.42. The van der Waals surface area contributed by atoms with Crippen LogP contribution in [0.4, 0.5) is 4.39 Å². The van der Waals surface area contributed by atoms with Gasteiger partial charge in [0.1, 0.15) is 12.8 Å². The summed E-state index contributed by atoms with van der Waals surface area (Å²) in [5.74, 6) is 0. The number of benzene rings is 1. The average molecular weight is 181 g/mol. The van der Waals surface area contributed by atoms with E-state index in [9.17, 15) is 4.39 Å². The summed E-state index contributed by atoms with van der Waals surface area (Å²) in [7, 11) is 0. The number of alkyl halides is 1. The van der Waals surface area contributed by atoms with Crippen molar-refractivity contribution in [3.8, 4) is 0 Å². The molecule has 13 heavy (non-hydrogen) atoms. The molecule has 1 aromatic carbocycles. The summed E-state index contributed by atoms with van der Waals surface area (Å²) in [6.07, 6.45) is -0.477. The van der Waals surface area contributed by atoms with Crippen LogP contribution in [0.1, 0.15) is 17.2 Å². The van der Waals surface area contributed by atoms with Crippen molar-refractivity contribution >= 4 is 0 Å². The van der Waals surface area contributed by atoms with Crippen LogP contribution in [0.3, 0.4) is 0 Å². The molecule has 2 atom stereocenters. The van der Waals surface area contributed by atoms with E-state index in [1.54, 1.807) is 0 Å². The highest BCUT2D eigenvalue weighted by atomic mass is 19.1. The second kappa shape index (κ2) is 3.44. The van der Waals surface area contributed by atoms with Crippen molar-refractivity contribution in [3.05, 3.63) is 35.4 Å². The molecule has 0 bridgehead atoms. The van der Waals surface area contributed by atoms with Crippen LogP contribution >= 0.6 is 0 Å². The highest BCUT2D eigenvalue weighted by molar-refractivity contribution is 5.31. The molecule has 0 saturated carbocycles. The zero-order chi connectivity index (χ0) is 9.26. The zero-order valence-corrected chi connectivity index (χ0v) is 7.24. The van der Waals surface area contributed by atoms with Gasteiger partial charge in [0.15, 0.2) is 0 Å². The van der Waals surface area contributed by atoms with Gasteiger partial charge in [-0.25, -0.2) is 4.39 Å². The number of halogens is 1. The van der Waals surface area contributed by atoms with Crippen molar-refractivity contribution in [2.75, 3.05) is 6.67 Å². The number of hydrogen-bond acceptors (Lipinski definition) is 2. The molecule has 1 aliphatic rings. The van der Waals surface area contributed by atoms with Gasteiger partial charge in [0, 0.05) is 0 Å². The van der Waals surface area contributed by atoms with Crippen LogP contribution in [0.15, 0.2) is 24.3 Å². The highest BCUT2D eigenvalue weighted by Gasteiger charge is 2.26. The minimum absolute atomic E-state index is 0.324. The van der Waals surface area contributed by atoms with Gasteiger partial charge >= 0.3 is 0 Å². The van der Waals surface area contributed by atoms with Crippen LogP contribution in [-0.2, 0) is 11.3 Å². The van der Waals surface area contributed by atoms with Gasteiger partial charge in [0.25, 0.3) is 0 Å². The lowest BCUT2D eigenvalue weighted by Gasteiger charge is -2.29. The van der Waals surface area contributed by atoms with Crippen LogP contribution in [0.5, 0.6) is 0 Å². The molecule has 0 aliphatic carbocycles. The Labute approximate surface area is 76.5 Å². The maximum absolute atomic E-state index is 12.4. The number of rotatable bonds is 1. The lowest BCUT2D eigenvalue weighted by atomic mass is 9.95. The van der Waals surface area contributed by atoms with Crippen molar-refractivity contribution < 1.29 is 9.13 Å². The standard InChI is InChI=1S/C10H12FNO/c11-5-9-10(12)8-4-2-1-3-7(8)6-13-9/h1-4,9-10H,5-6,12H2/t9-,10?/m1/s1. The molecule has 2 nitrogen and oxygen atoms in total. The first kappa shape index (κ1) is 8.66. The van der Waals surface area contributed by atoms with Crippen molar-refractivity contribution in [2.24, 2.45) is 5.73 Å². The third-order valence-electron chi connectivity index (χ3n) is 2.42. The molecule has 1 aliphatic heterocycles. The number of ether oxygens (including phenoxy) is 1. The number of fused-ring (bicyclic) bond motifs is 1. The maximum atomic E-state index is 12.4. The molecular formula is C10H12FNO. The molecule has 0 spiro atoms. The van der Waals surface area contributed by atoms with Crippen LogP contribution < -0.4 is 5.73 Å². The van der Waals surface area contributed by atoms with E-state index in [1.165, 1.54) is 0 Å². The molecule has 0 fully saturated rings. The van der Waals surface area contributed by atoms with Crippen molar-refractivity contribution in [2.45, 2.75) is 18.8 Å². The van der Waals surface area contributed by atoms with E-state index in [0.29, 0.717) is 6.61 Å². The minimum atomic E-state index is -0.518. The van der Waals surface area contributed by atoms with Gasteiger partial charge < -0.3 is 10.5 Å². The largest absolute Gasteiger partial charge is 0.369 e. The summed E-state index contributed by atoms with van der Waals surface area (Å²) in [4.78, 5) is 0. The van der Waals surface area contributed by atoms with Gasteiger partial charge in [-0.05, 0) is 11.1 Å². The lowest BCUT2D eigenvalue weighted by molar-refractivity contribution is -0.00557. The molecule has 70 valence electrons. The minimum Gasteiger partial charge on any atom is -0.369 e. The quantitative estimate of drug-likeness (QED) is 0.713. The average Bonchev–Trinajstić information content (AvgIpc) is 2.19. The molecule has 2 N–H and O–H groups in total. The van der Waals surface area contributed by atoms with Gasteiger partial charge in [-0.1, -0.05) is 24.3 Å². The van der Waals surface area contributed by atoms with E-state index < -0.39 is 12.8 Å². The highest BCUT2D eigenvalue weighted by Crippen LogP contribution is 2.27. The van der Waals surface area contributed by atoms with E-state index in [-0.39, 0.29) is 6.04 Å². The molecule has 3 heteroatoms. The monoisotopic (exact) mass is 181 g/mol. The second-order valence-electron chi connectivity index (χ2n) is 3.23. The van der Waals surface area contributed by atoms with Gasteiger partial charge in [0.2, 0.25) is 0 Å². The zero-order valence-electron chi connectivity index (χ0n) is 7.24. The smallest absolute Gasteiger partial charge is 0.117 e. The molecule has 1 aromatic rings. The first-order valence-corrected chi connectivity index (χ1v) is 4.34. The van der Waals surface area contributed by atoms with Crippen LogP contribution in [0.2, 0.25) is 0 Å². The Morgan fingerprint density at radius 1 is 1.46 bits per heavy atom. The summed E-state index contributed by atoms with van der Waals surface area (Å²) in [5.41, 5.74) is 7.92. The third-order valence-corrected chi connectivity index (χ3v) is 2.42. The van der Waals surface area contributed by atoms with Gasteiger partial charge in [-0.15, -0.1) is 0 Å². The Morgan fingerprint density at radius 3 is 3.00 bits per heavy atom. The van der Waals surface area contributed by atoms with Crippen LogP contribution in [0.25, 0.3) is 0 Å². The Bertz CT molecular complexity index is 303. The van der Waals surface area contributed by atoms with E-state index in [0.717, 1.165) is 11.1 Å². The van der Waals surface area contributed by atoms with Crippen LogP contribution in [-0.4, -0.2) is 12.8 Å². The number of nitrogens with two attached hydrogens (primary N) is 1. The molecule has 1 heterocycles. The van der Waals surface area contributed by atoms with Gasteiger partial charge in [-0.2, -0.15) is 0 Å². The fourth-order valence-corrected chi connectivity index (χ4v) is 1.63. The predicted octanol–water partition coefficient (Wildman–Crippen LogP) is 1.55. The summed E-state index contributed by atoms with van der Waals surface area (Å²) in [6.45, 7) is -0.0477.